The molecule has 3 aromatic rings. The van der Waals surface area contributed by atoms with E-state index in [1.54, 1.807) is 18.3 Å². The van der Waals surface area contributed by atoms with Gasteiger partial charge in [0.15, 0.2) is 0 Å². The number of pyridine rings is 1. The number of aromatic nitrogens is 1. The van der Waals surface area contributed by atoms with Gasteiger partial charge in [-0.25, -0.2) is 0 Å². The van der Waals surface area contributed by atoms with E-state index in [2.05, 4.69) is 15.6 Å². The van der Waals surface area contributed by atoms with Crippen LogP contribution in [0.3, 0.4) is 0 Å². The summed E-state index contributed by atoms with van der Waals surface area (Å²) in [7, 11) is 0. The van der Waals surface area contributed by atoms with E-state index >= 15 is 0 Å². The molecule has 0 radical (unpaired) electrons. The number of para-hydroxylation sites is 1. The van der Waals surface area contributed by atoms with Crippen LogP contribution in [0.2, 0.25) is 0 Å². The summed E-state index contributed by atoms with van der Waals surface area (Å²) >= 11 is 0. The van der Waals surface area contributed by atoms with Crippen molar-refractivity contribution in [3.05, 3.63) is 95.8 Å². The molecule has 0 aliphatic carbocycles. The third-order valence-corrected chi connectivity index (χ3v) is 3.87. The van der Waals surface area contributed by atoms with Gasteiger partial charge >= 0.3 is 0 Å². The Bertz CT molecular complexity index is 880. The molecular weight excluding hydrogens is 326 g/mol. The Balaban J connectivity index is 1.62. The molecule has 0 unspecified atom stereocenters. The molecule has 1 aromatic heterocycles. The summed E-state index contributed by atoms with van der Waals surface area (Å²) in [5, 5.41) is 5.77. The zero-order valence-corrected chi connectivity index (χ0v) is 14.2. The van der Waals surface area contributed by atoms with E-state index < -0.39 is 0 Å². The van der Waals surface area contributed by atoms with Crippen molar-refractivity contribution in [2.75, 3.05) is 5.32 Å². The van der Waals surface area contributed by atoms with Gasteiger partial charge < -0.3 is 10.6 Å². The van der Waals surface area contributed by atoms with E-state index in [-0.39, 0.29) is 11.8 Å². The SMILES string of the molecule is O=C(Cc1ccccc1)NCc1ccccc1NC(=O)c1cccnc1. The van der Waals surface area contributed by atoms with Gasteiger partial charge in [-0.3, -0.25) is 14.6 Å². The normalized spacial score (nSPS) is 10.2. The molecule has 0 bridgehead atoms. The van der Waals surface area contributed by atoms with Crippen molar-refractivity contribution in [2.45, 2.75) is 13.0 Å². The van der Waals surface area contributed by atoms with Crippen LogP contribution in [0.1, 0.15) is 21.5 Å². The molecule has 2 amide bonds. The Kier molecular flexibility index (Phi) is 5.72. The van der Waals surface area contributed by atoms with Gasteiger partial charge in [0.05, 0.1) is 12.0 Å². The number of anilines is 1. The number of hydrogen-bond donors (Lipinski definition) is 2. The van der Waals surface area contributed by atoms with Gasteiger partial charge in [-0.1, -0.05) is 48.5 Å². The summed E-state index contributed by atoms with van der Waals surface area (Å²) in [6.45, 7) is 0.342. The summed E-state index contributed by atoms with van der Waals surface area (Å²) in [5.74, 6) is -0.300. The molecule has 2 N–H and O–H groups in total. The van der Waals surface area contributed by atoms with Crippen molar-refractivity contribution in [1.29, 1.82) is 0 Å². The highest BCUT2D eigenvalue weighted by Crippen LogP contribution is 2.16. The maximum Gasteiger partial charge on any atom is 0.257 e. The molecule has 2 aromatic carbocycles. The number of nitrogens with one attached hydrogen (secondary N) is 2. The quantitative estimate of drug-likeness (QED) is 0.721. The second-order valence-electron chi connectivity index (χ2n) is 5.79. The largest absolute Gasteiger partial charge is 0.352 e. The summed E-state index contributed by atoms with van der Waals surface area (Å²) in [6, 6.07) is 20.4. The van der Waals surface area contributed by atoms with Crippen LogP contribution in [0, 0.1) is 0 Å². The maximum absolute atomic E-state index is 12.3. The van der Waals surface area contributed by atoms with E-state index in [1.165, 1.54) is 6.20 Å². The number of hydrogen-bond acceptors (Lipinski definition) is 3. The molecule has 0 saturated carbocycles. The van der Waals surface area contributed by atoms with Crippen molar-refractivity contribution >= 4 is 17.5 Å². The Morgan fingerprint density at radius 2 is 1.65 bits per heavy atom. The van der Waals surface area contributed by atoms with Gasteiger partial charge in [0.2, 0.25) is 5.91 Å². The summed E-state index contributed by atoms with van der Waals surface area (Å²) in [4.78, 5) is 28.4. The molecule has 1 heterocycles. The zero-order chi connectivity index (χ0) is 18.2. The first-order valence-electron chi connectivity index (χ1n) is 8.32. The molecule has 0 fully saturated rings. The fourth-order valence-corrected chi connectivity index (χ4v) is 2.53. The Morgan fingerprint density at radius 1 is 0.885 bits per heavy atom. The van der Waals surface area contributed by atoms with Gasteiger partial charge in [-0.05, 0) is 29.3 Å². The Morgan fingerprint density at radius 3 is 2.42 bits per heavy atom. The predicted molar refractivity (Wildman–Crippen MR) is 101 cm³/mol. The lowest BCUT2D eigenvalue weighted by atomic mass is 10.1. The highest BCUT2D eigenvalue weighted by atomic mass is 16.2. The van der Waals surface area contributed by atoms with Gasteiger partial charge in [0.25, 0.3) is 5.91 Å². The van der Waals surface area contributed by atoms with Crippen LogP contribution in [0.5, 0.6) is 0 Å². The molecule has 26 heavy (non-hydrogen) atoms. The standard InChI is InChI=1S/C21H19N3O2/c25-20(13-16-7-2-1-3-8-16)23-15-17-9-4-5-11-19(17)24-21(26)18-10-6-12-22-14-18/h1-12,14H,13,15H2,(H,23,25)(H,24,26). The first-order chi connectivity index (χ1) is 12.7. The third-order valence-electron chi connectivity index (χ3n) is 3.87. The second kappa shape index (κ2) is 8.58. The molecule has 0 saturated heterocycles. The predicted octanol–water partition coefficient (Wildman–Crippen LogP) is 3.19. The summed E-state index contributed by atoms with van der Waals surface area (Å²) in [5.41, 5.74) is 2.95. The van der Waals surface area contributed by atoms with Crippen molar-refractivity contribution in [1.82, 2.24) is 10.3 Å². The van der Waals surface area contributed by atoms with Gasteiger partial charge in [0.1, 0.15) is 0 Å². The van der Waals surface area contributed by atoms with Crippen LogP contribution in [0.25, 0.3) is 0 Å². The molecule has 0 spiro atoms. The minimum absolute atomic E-state index is 0.0652. The van der Waals surface area contributed by atoms with Gasteiger partial charge in [-0.15, -0.1) is 0 Å². The van der Waals surface area contributed by atoms with Crippen molar-refractivity contribution < 1.29 is 9.59 Å². The fraction of sp³-hybridized carbons (Fsp3) is 0.0952. The number of amides is 2. The zero-order valence-electron chi connectivity index (χ0n) is 14.2. The number of benzene rings is 2. The maximum atomic E-state index is 12.3. The van der Waals surface area contributed by atoms with Crippen LogP contribution in [0.4, 0.5) is 5.69 Å². The van der Waals surface area contributed by atoms with Gasteiger partial charge in [-0.2, -0.15) is 0 Å². The van der Waals surface area contributed by atoms with E-state index in [9.17, 15) is 9.59 Å². The van der Waals surface area contributed by atoms with Crippen molar-refractivity contribution in [3.63, 3.8) is 0 Å². The lowest BCUT2D eigenvalue weighted by Gasteiger charge is -2.12. The summed E-state index contributed by atoms with van der Waals surface area (Å²) in [6.07, 6.45) is 3.46. The highest BCUT2D eigenvalue weighted by molar-refractivity contribution is 6.04. The molecule has 0 aliphatic rings. The molecule has 0 atom stereocenters. The molecule has 5 heteroatoms. The number of nitrogens with zero attached hydrogens (tertiary/aromatic N) is 1. The molecule has 5 nitrogen and oxygen atoms in total. The van der Waals surface area contributed by atoms with E-state index in [0.717, 1.165) is 11.1 Å². The van der Waals surface area contributed by atoms with E-state index in [1.807, 2.05) is 54.6 Å². The Hall–Kier alpha value is -3.47. The monoisotopic (exact) mass is 345 g/mol. The van der Waals surface area contributed by atoms with Crippen LogP contribution in [0.15, 0.2) is 79.1 Å². The lowest BCUT2D eigenvalue weighted by molar-refractivity contribution is -0.120. The molecule has 3 rings (SSSR count). The topological polar surface area (TPSA) is 71.1 Å². The van der Waals surface area contributed by atoms with Crippen LogP contribution < -0.4 is 10.6 Å². The molecule has 130 valence electrons. The second-order valence-corrected chi connectivity index (χ2v) is 5.79. The van der Waals surface area contributed by atoms with Crippen LogP contribution >= 0.6 is 0 Å². The first-order valence-corrected chi connectivity index (χ1v) is 8.32. The number of carbonyl (C=O) groups excluding carboxylic acids is 2. The summed E-state index contributed by atoms with van der Waals surface area (Å²) < 4.78 is 0. The van der Waals surface area contributed by atoms with Crippen molar-refractivity contribution in [3.8, 4) is 0 Å². The average molecular weight is 345 g/mol. The van der Waals surface area contributed by atoms with E-state index in [0.29, 0.717) is 24.2 Å². The first kappa shape index (κ1) is 17.4. The third kappa shape index (κ3) is 4.77. The molecule has 0 aliphatic heterocycles. The number of rotatable bonds is 6. The van der Waals surface area contributed by atoms with Gasteiger partial charge in [0, 0.05) is 24.6 Å². The van der Waals surface area contributed by atoms with E-state index in [4.69, 9.17) is 0 Å². The minimum atomic E-state index is -0.235. The van der Waals surface area contributed by atoms with Crippen molar-refractivity contribution in [2.24, 2.45) is 0 Å². The minimum Gasteiger partial charge on any atom is -0.352 e. The highest BCUT2D eigenvalue weighted by Gasteiger charge is 2.10. The fourth-order valence-electron chi connectivity index (χ4n) is 2.53. The van der Waals surface area contributed by atoms with Crippen LogP contribution in [-0.2, 0) is 17.8 Å². The van der Waals surface area contributed by atoms with Crippen LogP contribution in [-0.4, -0.2) is 16.8 Å². The smallest absolute Gasteiger partial charge is 0.257 e. The molecular formula is C21H19N3O2. The number of carbonyl (C=O) groups is 2. The average Bonchev–Trinajstić information content (AvgIpc) is 2.69. The Labute approximate surface area is 152 Å². The lowest BCUT2D eigenvalue weighted by Crippen LogP contribution is -2.25.